The Balaban J connectivity index is 2.14. The van der Waals surface area contributed by atoms with Gasteiger partial charge in [0, 0.05) is 17.3 Å². The Hall–Kier alpha value is -3.61. The summed E-state index contributed by atoms with van der Waals surface area (Å²) >= 11 is 0. The molecule has 2 aromatic heterocycles. The van der Waals surface area contributed by atoms with E-state index in [4.69, 9.17) is 9.47 Å². The number of methoxy groups -OCH3 is 1. The minimum Gasteiger partial charge on any atom is -0.497 e. The lowest BCUT2D eigenvalue weighted by Gasteiger charge is -2.11. The van der Waals surface area contributed by atoms with E-state index in [9.17, 15) is 14.7 Å². The second-order valence-corrected chi connectivity index (χ2v) is 7.01. The normalized spacial score (nSPS) is 11.2. The third-order valence-electron chi connectivity index (χ3n) is 4.91. The quantitative estimate of drug-likeness (QED) is 0.553. The Labute approximate surface area is 180 Å². The third kappa shape index (κ3) is 4.94. The van der Waals surface area contributed by atoms with Gasteiger partial charge in [0.1, 0.15) is 17.1 Å². The van der Waals surface area contributed by atoms with Crippen LogP contribution >= 0.6 is 0 Å². The van der Waals surface area contributed by atoms with Crippen molar-refractivity contribution in [2.45, 2.75) is 33.1 Å². The molecule has 0 aliphatic heterocycles. The number of carbonyl (C=O) groups is 1. The minimum atomic E-state index is -1.09. The number of fused-ring (bicyclic) bond motifs is 1. The van der Waals surface area contributed by atoms with Gasteiger partial charge in [-0.2, -0.15) is 0 Å². The topological polar surface area (TPSA) is 90.1 Å². The van der Waals surface area contributed by atoms with Crippen molar-refractivity contribution in [3.8, 4) is 11.5 Å². The highest BCUT2D eigenvalue weighted by molar-refractivity contribution is 5.87. The summed E-state index contributed by atoms with van der Waals surface area (Å²) in [6, 6.07) is 8.52. The zero-order valence-corrected chi connectivity index (χ0v) is 17.9. The lowest BCUT2D eigenvalue weighted by atomic mass is 10.1. The second kappa shape index (κ2) is 9.93. The molecule has 1 N–H and O–H groups in total. The average Bonchev–Trinajstić information content (AvgIpc) is 2.77. The SMILES string of the molecule is CCCCc1c(C=Cc2cc(OC)ccc2OCC)nc2ccc(C(=O)O)cn2c1=O. The molecule has 0 amide bonds. The van der Waals surface area contributed by atoms with Gasteiger partial charge in [0.25, 0.3) is 5.56 Å². The smallest absolute Gasteiger partial charge is 0.337 e. The van der Waals surface area contributed by atoms with Crippen molar-refractivity contribution in [2.24, 2.45) is 0 Å². The Morgan fingerprint density at radius 1 is 1.19 bits per heavy atom. The standard InChI is InChI=1S/C24H26N2O5/c1-4-6-7-19-20(11-8-16-14-18(30-3)10-12-21(16)31-5-2)25-22-13-9-17(24(28)29)15-26(22)23(19)27/h8-15H,4-7H2,1-3H3,(H,28,29). The van der Waals surface area contributed by atoms with Crippen molar-refractivity contribution < 1.29 is 19.4 Å². The van der Waals surface area contributed by atoms with Gasteiger partial charge in [-0.15, -0.1) is 0 Å². The predicted molar refractivity (Wildman–Crippen MR) is 120 cm³/mol. The van der Waals surface area contributed by atoms with Crippen LogP contribution in [0.1, 0.15) is 53.9 Å². The minimum absolute atomic E-state index is 0.0406. The first-order valence-corrected chi connectivity index (χ1v) is 10.3. The van der Waals surface area contributed by atoms with E-state index in [1.807, 2.05) is 31.2 Å². The average molecular weight is 422 g/mol. The summed E-state index contributed by atoms with van der Waals surface area (Å²) in [6.07, 6.45) is 7.28. The molecule has 0 atom stereocenters. The molecule has 0 saturated carbocycles. The van der Waals surface area contributed by atoms with Crippen LogP contribution in [-0.4, -0.2) is 34.2 Å². The molecule has 0 bridgehead atoms. The Morgan fingerprint density at radius 2 is 2.00 bits per heavy atom. The van der Waals surface area contributed by atoms with Gasteiger partial charge in [-0.05, 0) is 62.2 Å². The first-order valence-electron chi connectivity index (χ1n) is 10.3. The van der Waals surface area contributed by atoms with Gasteiger partial charge < -0.3 is 14.6 Å². The maximum Gasteiger partial charge on any atom is 0.337 e. The van der Waals surface area contributed by atoms with Crippen molar-refractivity contribution in [1.82, 2.24) is 9.38 Å². The molecule has 0 radical (unpaired) electrons. The number of nitrogens with zero attached hydrogens (tertiary/aromatic N) is 2. The molecule has 2 heterocycles. The zero-order chi connectivity index (χ0) is 22.4. The maximum atomic E-state index is 13.2. The highest BCUT2D eigenvalue weighted by atomic mass is 16.5. The summed E-state index contributed by atoms with van der Waals surface area (Å²) in [7, 11) is 1.60. The number of unbranched alkanes of at least 4 members (excludes halogenated alkanes) is 1. The van der Waals surface area contributed by atoms with Gasteiger partial charge in [-0.3, -0.25) is 9.20 Å². The lowest BCUT2D eigenvalue weighted by molar-refractivity contribution is 0.0696. The van der Waals surface area contributed by atoms with Crippen LogP contribution in [0.2, 0.25) is 0 Å². The van der Waals surface area contributed by atoms with E-state index >= 15 is 0 Å². The molecule has 0 aliphatic carbocycles. The number of hydrogen-bond donors (Lipinski definition) is 1. The van der Waals surface area contributed by atoms with Crippen LogP contribution in [0.15, 0.2) is 41.3 Å². The maximum absolute atomic E-state index is 13.2. The molecule has 3 aromatic rings. The van der Waals surface area contributed by atoms with Gasteiger partial charge in [0.05, 0.1) is 25.0 Å². The van der Waals surface area contributed by atoms with Gasteiger partial charge in [-0.1, -0.05) is 13.3 Å². The summed E-state index contributed by atoms with van der Waals surface area (Å²) in [5.41, 5.74) is 2.11. The number of benzene rings is 1. The van der Waals surface area contributed by atoms with E-state index in [1.165, 1.54) is 16.7 Å². The fourth-order valence-electron chi connectivity index (χ4n) is 3.28. The van der Waals surface area contributed by atoms with E-state index in [1.54, 1.807) is 19.3 Å². The van der Waals surface area contributed by atoms with Gasteiger partial charge in [0.2, 0.25) is 0 Å². The van der Waals surface area contributed by atoms with Crippen molar-refractivity contribution >= 4 is 23.8 Å². The molecule has 7 nitrogen and oxygen atoms in total. The largest absolute Gasteiger partial charge is 0.497 e. The molecule has 7 heteroatoms. The van der Waals surface area contributed by atoms with Crippen LogP contribution < -0.4 is 15.0 Å². The zero-order valence-electron chi connectivity index (χ0n) is 17.9. The molecule has 1 aromatic carbocycles. The molecule has 31 heavy (non-hydrogen) atoms. The lowest BCUT2D eigenvalue weighted by Crippen LogP contribution is -2.22. The van der Waals surface area contributed by atoms with Gasteiger partial charge in [-0.25, -0.2) is 9.78 Å². The highest BCUT2D eigenvalue weighted by Crippen LogP contribution is 2.26. The third-order valence-corrected chi connectivity index (χ3v) is 4.91. The van der Waals surface area contributed by atoms with E-state index < -0.39 is 5.97 Å². The monoisotopic (exact) mass is 422 g/mol. The summed E-state index contributed by atoms with van der Waals surface area (Å²) < 4.78 is 12.3. The molecular formula is C24H26N2O5. The molecule has 0 fully saturated rings. The number of carboxylic acids is 1. The van der Waals surface area contributed by atoms with Crippen LogP contribution in [0.4, 0.5) is 0 Å². The number of aromatic carboxylic acids is 1. The summed E-state index contributed by atoms with van der Waals surface area (Å²) in [5.74, 6) is 0.315. The van der Waals surface area contributed by atoms with Crippen LogP contribution in [0.5, 0.6) is 11.5 Å². The number of rotatable bonds is 9. The number of pyridine rings is 1. The van der Waals surface area contributed by atoms with Crippen LogP contribution in [0.3, 0.4) is 0 Å². The van der Waals surface area contributed by atoms with Crippen LogP contribution in [-0.2, 0) is 6.42 Å². The fourth-order valence-corrected chi connectivity index (χ4v) is 3.28. The Morgan fingerprint density at radius 3 is 2.68 bits per heavy atom. The first-order chi connectivity index (χ1) is 15.0. The number of carboxylic acid groups (broad SMARTS) is 1. The Kier molecular flexibility index (Phi) is 7.07. The van der Waals surface area contributed by atoms with Crippen molar-refractivity contribution in [2.75, 3.05) is 13.7 Å². The molecule has 0 saturated heterocycles. The van der Waals surface area contributed by atoms with Gasteiger partial charge >= 0.3 is 5.97 Å². The highest BCUT2D eigenvalue weighted by Gasteiger charge is 2.13. The molecule has 162 valence electrons. The molecule has 0 spiro atoms. The van der Waals surface area contributed by atoms with Crippen LogP contribution in [0.25, 0.3) is 17.8 Å². The molecule has 0 unspecified atom stereocenters. The van der Waals surface area contributed by atoms with Crippen LogP contribution in [0, 0.1) is 0 Å². The number of ether oxygens (including phenoxy) is 2. The molecule has 3 rings (SSSR count). The predicted octanol–water partition coefficient (Wildman–Crippen LogP) is 4.31. The first kappa shape index (κ1) is 22.1. The van der Waals surface area contributed by atoms with Crippen molar-refractivity contribution in [3.05, 3.63) is 69.3 Å². The Bertz CT molecular complexity index is 1180. The second-order valence-electron chi connectivity index (χ2n) is 7.01. The fraction of sp³-hybridized carbons (Fsp3) is 0.292. The molecular weight excluding hydrogens is 396 g/mol. The van der Waals surface area contributed by atoms with Crippen molar-refractivity contribution in [1.29, 1.82) is 0 Å². The van der Waals surface area contributed by atoms with E-state index in [2.05, 4.69) is 11.9 Å². The van der Waals surface area contributed by atoms with E-state index in [0.29, 0.717) is 41.4 Å². The van der Waals surface area contributed by atoms with Gasteiger partial charge in [0.15, 0.2) is 0 Å². The molecule has 0 aliphatic rings. The van der Waals surface area contributed by atoms with Crippen molar-refractivity contribution in [3.63, 3.8) is 0 Å². The van der Waals surface area contributed by atoms with E-state index in [0.717, 1.165) is 18.4 Å². The summed E-state index contributed by atoms with van der Waals surface area (Å²) in [6.45, 7) is 4.49. The summed E-state index contributed by atoms with van der Waals surface area (Å²) in [5, 5.41) is 9.25. The van der Waals surface area contributed by atoms with E-state index in [-0.39, 0.29) is 11.1 Å². The number of hydrogen-bond acceptors (Lipinski definition) is 5. The number of aromatic nitrogens is 2. The summed E-state index contributed by atoms with van der Waals surface area (Å²) in [4.78, 5) is 29.1.